The van der Waals surface area contributed by atoms with Gasteiger partial charge in [-0.05, 0) is 26.0 Å². The molecule has 5 heteroatoms. The van der Waals surface area contributed by atoms with Gasteiger partial charge in [-0.1, -0.05) is 0 Å². The van der Waals surface area contributed by atoms with E-state index in [1.165, 1.54) is 13.8 Å². The highest BCUT2D eigenvalue weighted by molar-refractivity contribution is 7.99. The number of aliphatic carboxylic acids is 1. The molecule has 1 amide bonds. The Morgan fingerprint density at radius 2 is 2.14 bits per heavy atom. The summed E-state index contributed by atoms with van der Waals surface area (Å²) in [6, 6.07) is 0. The van der Waals surface area contributed by atoms with Gasteiger partial charge in [0.1, 0.15) is 5.54 Å². The van der Waals surface area contributed by atoms with E-state index in [2.05, 4.69) is 5.32 Å². The van der Waals surface area contributed by atoms with Crippen LogP contribution in [-0.4, -0.2) is 34.0 Å². The summed E-state index contributed by atoms with van der Waals surface area (Å²) in [5.41, 5.74) is -1.16. The van der Waals surface area contributed by atoms with Gasteiger partial charge in [0.15, 0.2) is 0 Å². The summed E-state index contributed by atoms with van der Waals surface area (Å²) in [4.78, 5) is 22.3. The summed E-state index contributed by atoms with van der Waals surface area (Å²) in [6.45, 7) is 2.99. The first-order chi connectivity index (χ1) is 6.43. The molecule has 1 rings (SSSR count). The molecule has 0 spiro atoms. The second-order valence-corrected chi connectivity index (χ2v) is 5.13. The van der Waals surface area contributed by atoms with Gasteiger partial charge in [0.05, 0.1) is 0 Å². The first-order valence-corrected chi connectivity index (χ1v) is 5.72. The van der Waals surface area contributed by atoms with Crippen molar-refractivity contribution in [3.63, 3.8) is 0 Å². The first-order valence-electron chi connectivity index (χ1n) is 4.56. The molecule has 1 aliphatic heterocycles. The Kier molecular flexibility index (Phi) is 3.42. The molecule has 1 atom stereocenters. The molecule has 2 N–H and O–H groups in total. The lowest BCUT2D eigenvalue weighted by molar-refractivity contribution is -0.146. The van der Waals surface area contributed by atoms with Crippen LogP contribution in [0.2, 0.25) is 0 Å². The van der Waals surface area contributed by atoms with Gasteiger partial charge in [-0.25, -0.2) is 4.79 Å². The summed E-state index contributed by atoms with van der Waals surface area (Å²) >= 11 is 1.74. The highest BCUT2D eigenvalue weighted by Crippen LogP contribution is 2.24. The molecule has 0 saturated carbocycles. The van der Waals surface area contributed by atoms with Crippen molar-refractivity contribution in [3.05, 3.63) is 0 Å². The zero-order chi connectivity index (χ0) is 10.8. The maximum Gasteiger partial charge on any atom is 0.328 e. The SMILES string of the molecule is CC(C)(NC(=O)C1CCSC1)C(=O)O. The summed E-state index contributed by atoms with van der Waals surface area (Å²) in [7, 11) is 0. The number of thioether (sulfide) groups is 1. The molecule has 1 unspecified atom stereocenters. The third-order valence-electron chi connectivity index (χ3n) is 2.27. The van der Waals surface area contributed by atoms with Crippen LogP contribution in [0.1, 0.15) is 20.3 Å². The molecule has 0 aromatic heterocycles. The fourth-order valence-electron chi connectivity index (χ4n) is 1.20. The topological polar surface area (TPSA) is 66.4 Å². The van der Waals surface area contributed by atoms with Crippen LogP contribution in [-0.2, 0) is 9.59 Å². The number of amides is 1. The largest absolute Gasteiger partial charge is 0.480 e. The van der Waals surface area contributed by atoms with Gasteiger partial charge in [0.2, 0.25) is 5.91 Å². The second-order valence-electron chi connectivity index (χ2n) is 3.98. The van der Waals surface area contributed by atoms with Gasteiger partial charge < -0.3 is 10.4 Å². The Morgan fingerprint density at radius 3 is 2.57 bits per heavy atom. The minimum atomic E-state index is -1.16. The summed E-state index contributed by atoms with van der Waals surface area (Å²) in [5, 5.41) is 11.4. The molecule has 1 fully saturated rings. The normalized spacial score (nSPS) is 22.0. The number of carbonyl (C=O) groups is 2. The molecule has 0 bridgehead atoms. The molecule has 1 heterocycles. The van der Waals surface area contributed by atoms with Gasteiger partial charge in [0.25, 0.3) is 0 Å². The minimum absolute atomic E-state index is 0.0152. The Hall–Kier alpha value is -0.710. The Labute approximate surface area is 87.4 Å². The predicted octanol–water partition coefficient (Wildman–Crippen LogP) is 0.719. The van der Waals surface area contributed by atoms with E-state index >= 15 is 0 Å². The predicted molar refractivity (Wildman–Crippen MR) is 55.3 cm³/mol. The molecule has 0 aliphatic carbocycles. The van der Waals surface area contributed by atoms with Crippen LogP contribution in [0.15, 0.2) is 0 Å². The number of carboxylic acids is 1. The standard InChI is InChI=1S/C9H15NO3S/c1-9(2,8(12)13)10-7(11)6-3-4-14-5-6/h6H,3-5H2,1-2H3,(H,10,11)(H,12,13). The van der Waals surface area contributed by atoms with Crippen molar-refractivity contribution >= 4 is 23.6 Å². The van der Waals surface area contributed by atoms with Crippen LogP contribution in [0.25, 0.3) is 0 Å². The number of carboxylic acid groups (broad SMARTS) is 1. The average molecular weight is 217 g/mol. The number of hydrogen-bond acceptors (Lipinski definition) is 3. The smallest absolute Gasteiger partial charge is 0.328 e. The highest BCUT2D eigenvalue weighted by Gasteiger charge is 2.32. The van der Waals surface area contributed by atoms with Crippen molar-refractivity contribution in [3.8, 4) is 0 Å². The lowest BCUT2D eigenvalue weighted by Gasteiger charge is -2.22. The Balaban J connectivity index is 2.51. The fraction of sp³-hybridized carbons (Fsp3) is 0.778. The first kappa shape index (κ1) is 11.4. The molecule has 1 saturated heterocycles. The van der Waals surface area contributed by atoms with E-state index in [0.717, 1.165) is 17.9 Å². The molecule has 0 aromatic carbocycles. The van der Waals surface area contributed by atoms with Gasteiger partial charge in [-0.3, -0.25) is 4.79 Å². The number of rotatable bonds is 3. The number of nitrogens with one attached hydrogen (secondary N) is 1. The zero-order valence-corrected chi connectivity index (χ0v) is 9.19. The van der Waals surface area contributed by atoms with Crippen LogP contribution in [0.5, 0.6) is 0 Å². The average Bonchev–Trinajstić information content (AvgIpc) is 2.54. The maximum atomic E-state index is 11.6. The van der Waals surface area contributed by atoms with Crippen molar-refractivity contribution in [2.24, 2.45) is 5.92 Å². The van der Waals surface area contributed by atoms with Crippen molar-refractivity contribution in [1.82, 2.24) is 5.32 Å². The molecule has 80 valence electrons. The molecule has 4 nitrogen and oxygen atoms in total. The van der Waals surface area contributed by atoms with Crippen LogP contribution in [0.4, 0.5) is 0 Å². The van der Waals surface area contributed by atoms with Crippen LogP contribution in [0, 0.1) is 5.92 Å². The van der Waals surface area contributed by atoms with Crippen LogP contribution >= 0.6 is 11.8 Å². The molecule has 0 aromatic rings. The van der Waals surface area contributed by atoms with E-state index < -0.39 is 11.5 Å². The summed E-state index contributed by atoms with van der Waals surface area (Å²) in [5.74, 6) is 0.644. The Bertz CT molecular complexity index is 246. The monoisotopic (exact) mass is 217 g/mol. The van der Waals surface area contributed by atoms with Crippen LogP contribution in [0.3, 0.4) is 0 Å². The van der Waals surface area contributed by atoms with E-state index in [4.69, 9.17) is 5.11 Å². The van der Waals surface area contributed by atoms with Crippen LogP contribution < -0.4 is 5.32 Å². The Morgan fingerprint density at radius 1 is 1.50 bits per heavy atom. The van der Waals surface area contributed by atoms with Gasteiger partial charge >= 0.3 is 5.97 Å². The highest BCUT2D eigenvalue weighted by atomic mass is 32.2. The quantitative estimate of drug-likeness (QED) is 0.731. The maximum absolute atomic E-state index is 11.6. The molecular formula is C9H15NO3S. The number of hydrogen-bond donors (Lipinski definition) is 2. The third kappa shape index (κ3) is 2.64. The minimum Gasteiger partial charge on any atom is -0.480 e. The van der Waals surface area contributed by atoms with E-state index in [0.29, 0.717) is 0 Å². The van der Waals surface area contributed by atoms with E-state index in [9.17, 15) is 9.59 Å². The van der Waals surface area contributed by atoms with E-state index in [1.54, 1.807) is 11.8 Å². The summed E-state index contributed by atoms with van der Waals surface area (Å²) in [6.07, 6.45) is 0.853. The lowest BCUT2D eigenvalue weighted by atomic mass is 10.0. The second kappa shape index (κ2) is 4.21. The van der Waals surface area contributed by atoms with E-state index in [1.807, 2.05) is 0 Å². The fourth-order valence-corrected chi connectivity index (χ4v) is 2.43. The molecular weight excluding hydrogens is 202 g/mol. The van der Waals surface area contributed by atoms with Gasteiger partial charge in [0, 0.05) is 11.7 Å². The lowest BCUT2D eigenvalue weighted by Crippen LogP contribution is -2.51. The number of carbonyl (C=O) groups excluding carboxylic acids is 1. The zero-order valence-electron chi connectivity index (χ0n) is 8.37. The molecule has 0 radical (unpaired) electrons. The van der Waals surface area contributed by atoms with Gasteiger partial charge in [-0.2, -0.15) is 11.8 Å². The van der Waals surface area contributed by atoms with Crippen molar-refractivity contribution < 1.29 is 14.7 Å². The third-order valence-corrected chi connectivity index (χ3v) is 3.43. The van der Waals surface area contributed by atoms with Crippen molar-refractivity contribution in [2.45, 2.75) is 25.8 Å². The summed E-state index contributed by atoms with van der Waals surface area (Å²) < 4.78 is 0. The van der Waals surface area contributed by atoms with Crippen molar-refractivity contribution in [1.29, 1.82) is 0 Å². The molecule has 14 heavy (non-hydrogen) atoms. The van der Waals surface area contributed by atoms with Crippen molar-refractivity contribution in [2.75, 3.05) is 11.5 Å². The van der Waals surface area contributed by atoms with Gasteiger partial charge in [-0.15, -0.1) is 0 Å². The molecule has 1 aliphatic rings. The van der Waals surface area contributed by atoms with E-state index in [-0.39, 0.29) is 11.8 Å².